The van der Waals surface area contributed by atoms with Crippen molar-refractivity contribution in [3.63, 3.8) is 0 Å². The zero-order chi connectivity index (χ0) is 11.1. The molecule has 1 unspecified atom stereocenters. The number of ether oxygens (including phenoxy) is 2. The minimum atomic E-state index is -0.326. The van der Waals surface area contributed by atoms with Gasteiger partial charge in [0.05, 0.1) is 19.3 Å². The van der Waals surface area contributed by atoms with Crippen LogP contribution in [0.3, 0.4) is 0 Å². The van der Waals surface area contributed by atoms with Crippen molar-refractivity contribution in [1.82, 2.24) is 0 Å². The van der Waals surface area contributed by atoms with Gasteiger partial charge in [-0.3, -0.25) is 0 Å². The Hall–Kier alpha value is -0.120. The maximum atomic E-state index is 8.85. The quantitative estimate of drug-likeness (QED) is 0.770. The van der Waals surface area contributed by atoms with Crippen LogP contribution < -0.4 is 0 Å². The van der Waals surface area contributed by atoms with E-state index in [9.17, 15) is 0 Å². The van der Waals surface area contributed by atoms with Gasteiger partial charge in [0.25, 0.3) is 0 Å². The summed E-state index contributed by atoms with van der Waals surface area (Å²) in [5.41, 5.74) is 0. The van der Waals surface area contributed by atoms with Crippen LogP contribution in [0.1, 0.15) is 46.0 Å². The maximum absolute atomic E-state index is 8.85. The largest absolute Gasteiger partial charge is 0.393 e. The van der Waals surface area contributed by atoms with Crippen LogP contribution in [-0.4, -0.2) is 30.7 Å². The molecule has 1 aliphatic heterocycles. The van der Waals surface area contributed by atoms with Crippen molar-refractivity contribution >= 4 is 0 Å². The van der Waals surface area contributed by atoms with Crippen LogP contribution in [0.4, 0.5) is 0 Å². The molecule has 90 valence electrons. The average Bonchev–Trinajstić information content (AvgIpc) is 2.78. The van der Waals surface area contributed by atoms with Gasteiger partial charge >= 0.3 is 0 Å². The van der Waals surface area contributed by atoms with E-state index in [1.165, 1.54) is 25.7 Å². The van der Waals surface area contributed by atoms with Gasteiger partial charge in [-0.25, -0.2) is 0 Å². The van der Waals surface area contributed by atoms with Gasteiger partial charge in [0.2, 0.25) is 0 Å². The van der Waals surface area contributed by atoms with Crippen molar-refractivity contribution in [3.8, 4) is 0 Å². The lowest BCUT2D eigenvalue weighted by Crippen LogP contribution is -2.15. The number of rotatable bonds is 2. The van der Waals surface area contributed by atoms with Crippen LogP contribution in [0.25, 0.3) is 0 Å². The Balaban J connectivity index is 0.000000162. The van der Waals surface area contributed by atoms with E-state index >= 15 is 0 Å². The van der Waals surface area contributed by atoms with E-state index in [2.05, 4.69) is 6.92 Å². The summed E-state index contributed by atoms with van der Waals surface area (Å²) >= 11 is 0. The highest BCUT2D eigenvalue weighted by molar-refractivity contribution is 4.60. The SMILES string of the molecule is CC(O)CC1OCCO1.CC1CCCC1. The van der Waals surface area contributed by atoms with Gasteiger partial charge in [-0.05, 0) is 12.8 Å². The lowest BCUT2D eigenvalue weighted by molar-refractivity contribution is -0.0672. The summed E-state index contributed by atoms with van der Waals surface area (Å²) in [7, 11) is 0. The summed E-state index contributed by atoms with van der Waals surface area (Å²) < 4.78 is 10.2. The van der Waals surface area contributed by atoms with Crippen molar-refractivity contribution in [3.05, 3.63) is 0 Å². The van der Waals surface area contributed by atoms with Crippen molar-refractivity contribution in [2.24, 2.45) is 5.92 Å². The molecule has 1 aliphatic carbocycles. The summed E-state index contributed by atoms with van der Waals surface area (Å²) in [6, 6.07) is 0. The van der Waals surface area contributed by atoms with Crippen LogP contribution in [0, 0.1) is 5.92 Å². The highest BCUT2D eigenvalue weighted by atomic mass is 16.7. The smallest absolute Gasteiger partial charge is 0.160 e. The summed E-state index contributed by atoms with van der Waals surface area (Å²) in [4.78, 5) is 0. The first-order valence-corrected chi connectivity index (χ1v) is 6.09. The third-order valence-electron chi connectivity index (χ3n) is 2.87. The first-order chi connectivity index (χ1) is 7.18. The van der Waals surface area contributed by atoms with Gasteiger partial charge in [-0.1, -0.05) is 32.6 Å². The third kappa shape index (κ3) is 6.13. The van der Waals surface area contributed by atoms with Gasteiger partial charge in [0, 0.05) is 6.42 Å². The van der Waals surface area contributed by atoms with Gasteiger partial charge in [-0.15, -0.1) is 0 Å². The first kappa shape index (κ1) is 12.9. The summed E-state index contributed by atoms with van der Waals surface area (Å²) in [5.74, 6) is 1.05. The van der Waals surface area contributed by atoms with Crippen LogP contribution in [0.2, 0.25) is 0 Å². The molecule has 0 aromatic heterocycles. The molecule has 0 spiro atoms. The first-order valence-electron chi connectivity index (χ1n) is 6.09. The molecule has 2 aliphatic rings. The van der Waals surface area contributed by atoms with E-state index in [-0.39, 0.29) is 12.4 Å². The molecule has 0 aromatic carbocycles. The Morgan fingerprint density at radius 1 is 1.20 bits per heavy atom. The van der Waals surface area contributed by atoms with E-state index in [0.717, 1.165) is 5.92 Å². The van der Waals surface area contributed by atoms with Crippen molar-refractivity contribution in [2.45, 2.75) is 58.3 Å². The molecule has 0 amide bonds. The molecule has 2 fully saturated rings. The summed E-state index contributed by atoms with van der Waals surface area (Å²) in [5, 5.41) is 8.85. The highest BCUT2D eigenvalue weighted by Crippen LogP contribution is 2.22. The van der Waals surface area contributed by atoms with E-state index in [1.54, 1.807) is 6.92 Å². The molecule has 0 bridgehead atoms. The number of aliphatic hydroxyl groups is 1. The van der Waals surface area contributed by atoms with E-state index in [0.29, 0.717) is 19.6 Å². The summed E-state index contributed by atoms with van der Waals surface area (Å²) in [6.45, 7) is 5.40. The van der Waals surface area contributed by atoms with Gasteiger partial charge in [0.1, 0.15) is 0 Å². The van der Waals surface area contributed by atoms with Gasteiger partial charge < -0.3 is 14.6 Å². The standard InChI is InChI=1S/C6H12O3.C6H12/c1-5(7)4-6-8-2-3-9-6;1-6-4-2-3-5-6/h5-7H,2-4H2,1H3;6H,2-5H2,1H3. The fraction of sp³-hybridized carbons (Fsp3) is 1.00. The maximum Gasteiger partial charge on any atom is 0.160 e. The minimum Gasteiger partial charge on any atom is -0.393 e. The molecule has 1 heterocycles. The van der Waals surface area contributed by atoms with Crippen LogP contribution in [0.15, 0.2) is 0 Å². The molecule has 1 saturated heterocycles. The molecule has 3 heteroatoms. The zero-order valence-electron chi connectivity index (χ0n) is 9.95. The second kappa shape index (κ2) is 7.20. The van der Waals surface area contributed by atoms with Crippen molar-refractivity contribution in [2.75, 3.05) is 13.2 Å². The molecule has 1 saturated carbocycles. The Bertz CT molecular complexity index is 147. The molecule has 15 heavy (non-hydrogen) atoms. The fourth-order valence-corrected chi connectivity index (χ4v) is 1.95. The van der Waals surface area contributed by atoms with E-state index in [4.69, 9.17) is 14.6 Å². The Kier molecular flexibility index (Phi) is 6.22. The highest BCUT2D eigenvalue weighted by Gasteiger charge is 2.17. The van der Waals surface area contributed by atoms with Gasteiger partial charge in [-0.2, -0.15) is 0 Å². The van der Waals surface area contributed by atoms with Gasteiger partial charge in [0.15, 0.2) is 6.29 Å². The lowest BCUT2D eigenvalue weighted by Gasteiger charge is -2.09. The second-order valence-corrected chi connectivity index (χ2v) is 4.65. The van der Waals surface area contributed by atoms with Crippen molar-refractivity contribution in [1.29, 1.82) is 0 Å². The lowest BCUT2D eigenvalue weighted by atomic mass is 10.2. The monoisotopic (exact) mass is 216 g/mol. The molecule has 0 aromatic rings. The molecule has 3 nitrogen and oxygen atoms in total. The number of hydrogen-bond donors (Lipinski definition) is 1. The number of hydrogen-bond acceptors (Lipinski definition) is 3. The average molecular weight is 216 g/mol. The van der Waals surface area contributed by atoms with Crippen LogP contribution >= 0.6 is 0 Å². The zero-order valence-corrected chi connectivity index (χ0v) is 9.95. The predicted octanol–water partition coefficient (Wildman–Crippen LogP) is 2.33. The molecule has 1 atom stereocenters. The van der Waals surface area contributed by atoms with Crippen molar-refractivity contribution < 1.29 is 14.6 Å². The number of aliphatic hydroxyl groups excluding tert-OH is 1. The normalized spacial score (nSPS) is 25.0. The second-order valence-electron chi connectivity index (χ2n) is 4.65. The Morgan fingerprint density at radius 3 is 2.07 bits per heavy atom. The fourth-order valence-electron chi connectivity index (χ4n) is 1.95. The predicted molar refractivity (Wildman–Crippen MR) is 59.6 cm³/mol. The third-order valence-corrected chi connectivity index (χ3v) is 2.87. The Morgan fingerprint density at radius 2 is 1.73 bits per heavy atom. The summed E-state index contributed by atoms with van der Waals surface area (Å²) in [6.07, 6.45) is 6.04. The molecular weight excluding hydrogens is 192 g/mol. The molecule has 0 radical (unpaired) electrons. The molecule has 1 N–H and O–H groups in total. The Labute approximate surface area is 92.8 Å². The van der Waals surface area contributed by atoms with Crippen LogP contribution in [-0.2, 0) is 9.47 Å². The van der Waals surface area contributed by atoms with E-state index in [1.807, 2.05) is 0 Å². The van der Waals surface area contributed by atoms with Crippen LogP contribution in [0.5, 0.6) is 0 Å². The minimum absolute atomic E-state index is 0.162. The molecular formula is C12H24O3. The topological polar surface area (TPSA) is 38.7 Å². The molecule has 2 rings (SSSR count). The van der Waals surface area contributed by atoms with E-state index < -0.39 is 0 Å².